The average Bonchev–Trinajstić information content (AvgIpc) is 2.64. The van der Waals surface area contributed by atoms with Crippen LogP contribution in [0.3, 0.4) is 0 Å². The van der Waals surface area contributed by atoms with Crippen LogP contribution < -0.4 is 14.8 Å². The van der Waals surface area contributed by atoms with Gasteiger partial charge >= 0.3 is 0 Å². The van der Waals surface area contributed by atoms with E-state index < -0.39 is 6.10 Å². The molecule has 0 radical (unpaired) electrons. The van der Waals surface area contributed by atoms with E-state index in [0.717, 1.165) is 18.6 Å². The van der Waals surface area contributed by atoms with Crippen molar-refractivity contribution in [3.8, 4) is 11.5 Å². The first-order chi connectivity index (χ1) is 13.0. The summed E-state index contributed by atoms with van der Waals surface area (Å²) in [6, 6.07) is 15.2. The molecule has 2 rings (SSSR count). The molecule has 27 heavy (non-hydrogen) atoms. The Kier molecular flexibility index (Phi) is 8.46. The number of rotatable bonds is 10. The maximum atomic E-state index is 12.3. The highest BCUT2D eigenvalue weighted by atomic mass is 35.5. The van der Waals surface area contributed by atoms with Crippen LogP contribution in [0.25, 0.3) is 0 Å². The molecule has 0 aliphatic rings. The van der Waals surface area contributed by atoms with Crippen molar-refractivity contribution in [1.82, 2.24) is 5.32 Å². The Morgan fingerprint density at radius 1 is 1.07 bits per heavy atom. The number of hydrogen-bond acceptors (Lipinski definition) is 3. The summed E-state index contributed by atoms with van der Waals surface area (Å²) in [6.07, 6.45) is 2.01. The summed E-state index contributed by atoms with van der Waals surface area (Å²) in [6.45, 7) is 6.56. The number of carbonyl (C=O) groups excluding carboxylic acids is 1. The molecule has 0 fully saturated rings. The summed E-state index contributed by atoms with van der Waals surface area (Å²) >= 11 is 5.96. The first-order valence-corrected chi connectivity index (χ1v) is 9.81. The molecular formula is C22H28ClNO3. The summed E-state index contributed by atoms with van der Waals surface area (Å²) < 4.78 is 11.4. The normalized spacial score (nSPS) is 11.9. The van der Waals surface area contributed by atoms with Crippen LogP contribution >= 0.6 is 11.6 Å². The Hall–Kier alpha value is -2.20. The van der Waals surface area contributed by atoms with Gasteiger partial charge in [-0.25, -0.2) is 0 Å². The molecular weight excluding hydrogens is 362 g/mol. The molecule has 0 bridgehead atoms. The molecule has 1 atom stereocenters. The molecule has 146 valence electrons. The molecule has 5 heteroatoms. The van der Waals surface area contributed by atoms with Gasteiger partial charge in [0.15, 0.2) is 6.10 Å². The van der Waals surface area contributed by atoms with E-state index in [4.69, 9.17) is 21.1 Å². The third kappa shape index (κ3) is 7.51. The highest BCUT2D eigenvalue weighted by molar-refractivity contribution is 6.30. The Morgan fingerprint density at radius 3 is 2.44 bits per heavy atom. The maximum absolute atomic E-state index is 12.3. The number of aryl methyl sites for hydroxylation is 1. The number of ether oxygens (including phenoxy) is 2. The zero-order chi connectivity index (χ0) is 19.6. The fourth-order valence-electron chi connectivity index (χ4n) is 2.65. The van der Waals surface area contributed by atoms with Gasteiger partial charge in [-0.05, 0) is 69.0 Å². The van der Waals surface area contributed by atoms with Crippen LogP contribution in [0.5, 0.6) is 11.5 Å². The monoisotopic (exact) mass is 389 g/mol. The Morgan fingerprint density at radius 2 is 1.81 bits per heavy atom. The molecule has 0 unspecified atom stereocenters. The molecule has 1 amide bonds. The number of carbonyl (C=O) groups is 1. The lowest BCUT2D eigenvalue weighted by molar-refractivity contribution is -0.128. The minimum absolute atomic E-state index is 0.0989. The van der Waals surface area contributed by atoms with Crippen molar-refractivity contribution in [3.05, 3.63) is 59.1 Å². The van der Waals surface area contributed by atoms with E-state index in [9.17, 15) is 4.79 Å². The molecule has 0 spiro atoms. The largest absolute Gasteiger partial charge is 0.491 e. The van der Waals surface area contributed by atoms with Gasteiger partial charge in [0.2, 0.25) is 0 Å². The van der Waals surface area contributed by atoms with E-state index in [-0.39, 0.29) is 12.0 Å². The van der Waals surface area contributed by atoms with E-state index in [1.165, 1.54) is 5.56 Å². The zero-order valence-electron chi connectivity index (χ0n) is 16.2. The molecule has 0 heterocycles. The lowest BCUT2D eigenvalue weighted by Gasteiger charge is -2.17. The lowest BCUT2D eigenvalue weighted by atomic mass is 10.1. The zero-order valence-corrected chi connectivity index (χ0v) is 17.0. The summed E-state index contributed by atoms with van der Waals surface area (Å²) in [5.41, 5.74) is 1.22. The van der Waals surface area contributed by atoms with Crippen LogP contribution in [-0.4, -0.2) is 24.7 Å². The molecule has 2 aromatic rings. The van der Waals surface area contributed by atoms with Crippen LogP contribution in [0.15, 0.2) is 48.5 Å². The van der Waals surface area contributed by atoms with Gasteiger partial charge in [0.1, 0.15) is 11.5 Å². The fourth-order valence-corrected chi connectivity index (χ4v) is 2.83. The maximum Gasteiger partial charge on any atom is 0.261 e. The van der Waals surface area contributed by atoms with Crippen LogP contribution in [0.1, 0.15) is 39.2 Å². The minimum Gasteiger partial charge on any atom is -0.491 e. The van der Waals surface area contributed by atoms with Crippen molar-refractivity contribution in [2.24, 2.45) is 0 Å². The van der Waals surface area contributed by atoms with Crippen molar-refractivity contribution in [2.45, 2.75) is 52.2 Å². The average molecular weight is 390 g/mol. The van der Waals surface area contributed by atoms with E-state index in [0.29, 0.717) is 23.7 Å². The van der Waals surface area contributed by atoms with Crippen LogP contribution in [-0.2, 0) is 11.2 Å². The molecule has 2 aromatic carbocycles. The smallest absolute Gasteiger partial charge is 0.261 e. The second kappa shape index (κ2) is 10.8. The number of hydrogen-bond donors (Lipinski definition) is 1. The van der Waals surface area contributed by atoms with Gasteiger partial charge in [-0.3, -0.25) is 4.79 Å². The van der Waals surface area contributed by atoms with Crippen molar-refractivity contribution < 1.29 is 14.3 Å². The summed E-state index contributed by atoms with van der Waals surface area (Å²) in [4.78, 5) is 12.3. The number of halogens is 1. The first kappa shape index (κ1) is 21.1. The fraction of sp³-hybridized carbons (Fsp3) is 0.409. The van der Waals surface area contributed by atoms with E-state index in [1.807, 2.05) is 32.9 Å². The molecule has 0 aliphatic carbocycles. The SMILES string of the molecule is CC[C@@H](Oc1cccc(Cl)c1)C(=O)NCCCc1ccc(OC(C)C)cc1. The lowest BCUT2D eigenvalue weighted by Crippen LogP contribution is -2.38. The molecule has 0 saturated heterocycles. The van der Waals surface area contributed by atoms with Gasteiger partial charge in [-0.2, -0.15) is 0 Å². The molecule has 0 aliphatic heterocycles. The van der Waals surface area contributed by atoms with E-state index >= 15 is 0 Å². The number of amides is 1. The van der Waals surface area contributed by atoms with Gasteiger partial charge in [-0.15, -0.1) is 0 Å². The summed E-state index contributed by atoms with van der Waals surface area (Å²) in [7, 11) is 0. The quantitative estimate of drug-likeness (QED) is 0.579. The standard InChI is InChI=1S/C22H28ClNO3/c1-4-21(27-20-9-5-8-18(23)15-20)22(25)24-14-6-7-17-10-12-19(13-11-17)26-16(2)3/h5,8-13,15-16,21H,4,6-7,14H2,1-3H3,(H,24,25)/t21-/m1/s1. The van der Waals surface area contributed by atoms with Gasteiger partial charge in [0, 0.05) is 11.6 Å². The third-order valence-electron chi connectivity index (χ3n) is 3.97. The summed E-state index contributed by atoms with van der Waals surface area (Å²) in [5.74, 6) is 1.39. The van der Waals surface area contributed by atoms with Crippen molar-refractivity contribution in [3.63, 3.8) is 0 Å². The highest BCUT2D eigenvalue weighted by Crippen LogP contribution is 2.19. The van der Waals surface area contributed by atoms with Crippen LogP contribution in [0, 0.1) is 0 Å². The van der Waals surface area contributed by atoms with Crippen molar-refractivity contribution >= 4 is 17.5 Å². The topological polar surface area (TPSA) is 47.6 Å². The Labute approximate surface area is 166 Å². The molecule has 0 aromatic heterocycles. The number of nitrogens with one attached hydrogen (secondary N) is 1. The van der Waals surface area contributed by atoms with E-state index in [1.54, 1.807) is 24.3 Å². The first-order valence-electron chi connectivity index (χ1n) is 9.43. The minimum atomic E-state index is -0.518. The highest BCUT2D eigenvalue weighted by Gasteiger charge is 2.17. The Balaban J connectivity index is 1.74. The summed E-state index contributed by atoms with van der Waals surface area (Å²) in [5, 5.41) is 3.55. The predicted octanol–water partition coefficient (Wildman–Crippen LogP) is 5.03. The predicted molar refractivity (Wildman–Crippen MR) is 110 cm³/mol. The van der Waals surface area contributed by atoms with E-state index in [2.05, 4.69) is 17.4 Å². The van der Waals surface area contributed by atoms with Crippen LogP contribution in [0.2, 0.25) is 5.02 Å². The molecule has 1 N–H and O–H groups in total. The third-order valence-corrected chi connectivity index (χ3v) is 4.21. The van der Waals surface area contributed by atoms with Gasteiger partial charge in [-0.1, -0.05) is 36.7 Å². The second-order valence-corrected chi connectivity index (χ2v) is 7.11. The second-order valence-electron chi connectivity index (χ2n) is 6.68. The van der Waals surface area contributed by atoms with Gasteiger partial charge in [0.25, 0.3) is 5.91 Å². The number of benzene rings is 2. The molecule has 0 saturated carbocycles. The van der Waals surface area contributed by atoms with Crippen molar-refractivity contribution in [1.29, 1.82) is 0 Å². The van der Waals surface area contributed by atoms with Crippen LogP contribution in [0.4, 0.5) is 0 Å². The molecule has 4 nitrogen and oxygen atoms in total. The van der Waals surface area contributed by atoms with Gasteiger partial charge in [0.05, 0.1) is 6.10 Å². The Bertz CT molecular complexity index is 716. The van der Waals surface area contributed by atoms with Crippen molar-refractivity contribution in [2.75, 3.05) is 6.54 Å². The van der Waals surface area contributed by atoms with Gasteiger partial charge < -0.3 is 14.8 Å².